The van der Waals surface area contributed by atoms with Crippen molar-refractivity contribution < 1.29 is 9.90 Å². The summed E-state index contributed by atoms with van der Waals surface area (Å²) < 4.78 is 0. The zero-order valence-electron chi connectivity index (χ0n) is 7.44. The van der Waals surface area contributed by atoms with E-state index in [1.54, 1.807) is 4.90 Å². The maximum Gasteiger partial charge on any atom is 0.209 e. The normalized spacial score (nSPS) is 26.8. The lowest BCUT2D eigenvalue weighted by Crippen LogP contribution is -2.40. The van der Waals surface area contributed by atoms with E-state index in [1.807, 2.05) is 7.05 Å². The second-order valence-electron chi connectivity index (χ2n) is 3.27. The number of rotatable bonds is 2. The summed E-state index contributed by atoms with van der Waals surface area (Å²) in [6.45, 7) is 2.54. The van der Waals surface area contributed by atoms with Crippen LogP contribution < -0.4 is 0 Å². The number of amides is 1. The van der Waals surface area contributed by atoms with Crippen molar-refractivity contribution in [1.82, 2.24) is 9.80 Å². The van der Waals surface area contributed by atoms with Gasteiger partial charge in [0.2, 0.25) is 6.41 Å². The number of aliphatic hydroxyl groups is 1. The number of hydrogen-bond donors (Lipinski definition) is 1. The van der Waals surface area contributed by atoms with Crippen molar-refractivity contribution >= 4 is 6.41 Å². The molecule has 1 N–H and O–H groups in total. The van der Waals surface area contributed by atoms with Gasteiger partial charge in [0.05, 0.1) is 12.6 Å². The predicted molar refractivity (Wildman–Crippen MR) is 45.8 cm³/mol. The number of carbonyl (C=O) groups excluding carboxylic acids is 1. The first kappa shape index (κ1) is 9.48. The van der Waals surface area contributed by atoms with Gasteiger partial charge in [-0.1, -0.05) is 0 Å². The maximum atomic E-state index is 10.5. The van der Waals surface area contributed by atoms with E-state index >= 15 is 0 Å². The quantitative estimate of drug-likeness (QED) is 0.551. The van der Waals surface area contributed by atoms with Crippen LogP contribution in [0.15, 0.2) is 0 Å². The van der Waals surface area contributed by atoms with Crippen LogP contribution in [0, 0.1) is 0 Å². The fourth-order valence-corrected chi connectivity index (χ4v) is 1.50. The van der Waals surface area contributed by atoms with Crippen LogP contribution in [0.2, 0.25) is 0 Å². The molecule has 1 fully saturated rings. The summed E-state index contributed by atoms with van der Waals surface area (Å²) in [6.07, 6.45) is 1.85. The third-order valence-corrected chi connectivity index (χ3v) is 2.38. The lowest BCUT2D eigenvalue weighted by Gasteiger charge is -2.25. The van der Waals surface area contributed by atoms with E-state index in [0.717, 1.165) is 25.9 Å². The molecule has 0 spiro atoms. The van der Waals surface area contributed by atoms with Crippen LogP contribution in [0.25, 0.3) is 0 Å². The van der Waals surface area contributed by atoms with Gasteiger partial charge in [-0.2, -0.15) is 0 Å². The summed E-state index contributed by atoms with van der Waals surface area (Å²) in [5.41, 5.74) is 0. The molecule has 0 aromatic heterocycles. The molecule has 1 heterocycles. The Morgan fingerprint density at radius 1 is 1.58 bits per heavy atom. The monoisotopic (exact) mass is 172 g/mol. The Bertz CT molecular complexity index is 152. The summed E-state index contributed by atoms with van der Waals surface area (Å²) in [4.78, 5) is 14.3. The first-order valence-corrected chi connectivity index (χ1v) is 4.28. The highest BCUT2D eigenvalue weighted by Crippen LogP contribution is 2.05. The van der Waals surface area contributed by atoms with Gasteiger partial charge in [-0.15, -0.1) is 0 Å². The molecule has 0 unspecified atom stereocenters. The molecule has 1 rings (SSSR count). The molecule has 4 heteroatoms. The molecule has 0 aliphatic carbocycles. The van der Waals surface area contributed by atoms with E-state index in [-0.39, 0.29) is 12.6 Å². The Labute approximate surface area is 72.8 Å². The van der Waals surface area contributed by atoms with Gasteiger partial charge in [0.15, 0.2) is 0 Å². The zero-order valence-corrected chi connectivity index (χ0v) is 7.44. The van der Waals surface area contributed by atoms with Gasteiger partial charge in [-0.3, -0.25) is 9.69 Å². The smallest absolute Gasteiger partial charge is 0.209 e. The van der Waals surface area contributed by atoms with E-state index in [9.17, 15) is 4.79 Å². The second-order valence-corrected chi connectivity index (χ2v) is 3.27. The van der Waals surface area contributed by atoms with Crippen molar-refractivity contribution in [1.29, 1.82) is 0 Å². The predicted octanol–water partition coefficient (Wildman–Crippen LogP) is -0.859. The minimum Gasteiger partial charge on any atom is -0.395 e. The number of hydrogen-bond acceptors (Lipinski definition) is 3. The maximum absolute atomic E-state index is 10.5. The molecule has 0 aromatic carbocycles. The van der Waals surface area contributed by atoms with Crippen molar-refractivity contribution in [2.75, 3.05) is 33.3 Å². The van der Waals surface area contributed by atoms with Crippen LogP contribution in [0.5, 0.6) is 0 Å². The van der Waals surface area contributed by atoms with Gasteiger partial charge < -0.3 is 10.0 Å². The highest BCUT2D eigenvalue weighted by molar-refractivity contribution is 5.47. The van der Waals surface area contributed by atoms with Gasteiger partial charge in [-0.05, 0) is 20.0 Å². The summed E-state index contributed by atoms with van der Waals surface area (Å²) in [7, 11) is 1.98. The number of carbonyl (C=O) groups is 1. The van der Waals surface area contributed by atoms with E-state index in [1.165, 1.54) is 0 Å². The molecular formula is C8H16N2O2. The average molecular weight is 172 g/mol. The fraction of sp³-hybridized carbons (Fsp3) is 0.875. The lowest BCUT2D eigenvalue weighted by atomic mass is 10.3. The molecular weight excluding hydrogens is 156 g/mol. The number of aliphatic hydroxyl groups excluding tert-OH is 1. The molecule has 0 saturated carbocycles. The molecule has 12 heavy (non-hydrogen) atoms. The van der Waals surface area contributed by atoms with Gasteiger partial charge in [0, 0.05) is 13.1 Å². The largest absolute Gasteiger partial charge is 0.395 e. The molecule has 1 aliphatic heterocycles. The zero-order chi connectivity index (χ0) is 8.97. The van der Waals surface area contributed by atoms with Crippen molar-refractivity contribution in [3.63, 3.8) is 0 Å². The van der Waals surface area contributed by atoms with Crippen LogP contribution in [0.3, 0.4) is 0 Å². The van der Waals surface area contributed by atoms with Crippen LogP contribution in [0.1, 0.15) is 6.42 Å². The molecule has 1 aliphatic rings. The topological polar surface area (TPSA) is 43.8 Å². The Kier molecular flexibility index (Phi) is 3.49. The Morgan fingerprint density at radius 3 is 2.92 bits per heavy atom. The number of likely N-dealkylation sites (N-methyl/N-ethyl adjacent to an activating group) is 1. The molecule has 0 aromatic rings. The molecule has 0 radical (unpaired) electrons. The van der Waals surface area contributed by atoms with Crippen molar-refractivity contribution in [3.05, 3.63) is 0 Å². The van der Waals surface area contributed by atoms with E-state index in [0.29, 0.717) is 6.54 Å². The van der Waals surface area contributed by atoms with Gasteiger partial charge >= 0.3 is 0 Å². The molecule has 70 valence electrons. The Balaban J connectivity index is 2.52. The van der Waals surface area contributed by atoms with E-state index < -0.39 is 0 Å². The first-order chi connectivity index (χ1) is 5.77. The third-order valence-electron chi connectivity index (χ3n) is 2.38. The summed E-state index contributed by atoms with van der Waals surface area (Å²) in [6, 6.07) is 0.109. The van der Waals surface area contributed by atoms with Gasteiger partial charge in [0.1, 0.15) is 0 Å². The summed E-state index contributed by atoms with van der Waals surface area (Å²) >= 11 is 0. The fourth-order valence-electron chi connectivity index (χ4n) is 1.50. The van der Waals surface area contributed by atoms with E-state index in [2.05, 4.69) is 4.90 Å². The number of nitrogens with zero attached hydrogens (tertiary/aromatic N) is 2. The van der Waals surface area contributed by atoms with Crippen LogP contribution in [-0.2, 0) is 4.79 Å². The highest BCUT2D eigenvalue weighted by Gasteiger charge is 2.20. The van der Waals surface area contributed by atoms with Gasteiger partial charge in [-0.25, -0.2) is 0 Å². The lowest BCUT2D eigenvalue weighted by molar-refractivity contribution is -0.118. The van der Waals surface area contributed by atoms with Crippen molar-refractivity contribution in [3.8, 4) is 0 Å². The molecule has 1 atom stereocenters. The minimum absolute atomic E-state index is 0.109. The average Bonchev–Trinajstić information content (AvgIpc) is 2.27. The Hall–Kier alpha value is -0.610. The molecule has 4 nitrogen and oxygen atoms in total. The second kappa shape index (κ2) is 4.42. The van der Waals surface area contributed by atoms with Crippen LogP contribution >= 0.6 is 0 Å². The van der Waals surface area contributed by atoms with Crippen LogP contribution in [-0.4, -0.2) is 60.6 Å². The summed E-state index contributed by atoms with van der Waals surface area (Å²) in [5.74, 6) is 0. The third kappa shape index (κ3) is 2.19. The molecule has 0 bridgehead atoms. The minimum atomic E-state index is 0.109. The highest BCUT2D eigenvalue weighted by atomic mass is 16.3. The van der Waals surface area contributed by atoms with Crippen molar-refractivity contribution in [2.24, 2.45) is 0 Å². The van der Waals surface area contributed by atoms with E-state index in [4.69, 9.17) is 5.11 Å². The van der Waals surface area contributed by atoms with Crippen molar-refractivity contribution in [2.45, 2.75) is 12.5 Å². The first-order valence-electron chi connectivity index (χ1n) is 4.28. The summed E-state index contributed by atoms with van der Waals surface area (Å²) in [5, 5.41) is 9.02. The molecule has 1 amide bonds. The Morgan fingerprint density at radius 2 is 2.33 bits per heavy atom. The molecule has 1 saturated heterocycles. The van der Waals surface area contributed by atoms with Crippen LogP contribution in [0.4, 0.5) is 0 Å². The van der Waals surface area contributed by atoms with Gasteiger partial charge in [0.25, 0.3) is 0 Å². The standard InChI is InChI=1S/C8H16N2O2/c1-9-3-2-4-10(7-12)5-8(9)6-11/h7-8,11H,2-6H2,1H3/t8-/m0/s1. The SMILES string of the molecule is CN1CCCN(C=O)C[C@H]1CO.